The second-order valence-electron chi connectivity index (χ2n) is 8.64. The number of hydrogen-bond acceptors (Lipinski definition) is 4. The second kappa shape index (κ2) is 9.34. The minimum absolute atomic E-state index is 0.0469. The standard InChI is InChI=1S/C25H22ClF3N6O/c1-15-7-5-6-10-17(15)14-34-12-11-20(32-34)31-24(36)22-21(26)23-30-18(16-8-3-2-4-9-16)13-19(25(27,28)29)35(23)33-22/h2-12,18-19,30H,13-14H2,1H3,(H,31,32,36)/t18-,19-/m1/s1. The third-order valence-electron chi connectivity index (χ3n) is 6.19. The van der Waals surface area contributed by atoms with Gasteiger partial charge in [0, 0.05) is 18.7 Å². The van der Waals surface area contributed by atoms with E-state index in [1.807, 2.05) is 31.2 Å². The topological polar surface area (TPSA) is 76.8 Å². The van der Waals surface area contributed by atoms with Gasteiger partial charge in [0.05, 0.1) is 12.6 Å². The van der Waals surface area contributed by atoms with Crippen LogP contribution >= 0.6 is 11.6 Å². The Labute approximate surface area is 209 Å². The lowest BCUT2D eigenvalue weighted by Crippen LogP contribution is -2.35. The Bertz CT molecular complexity index is 1400. The zero-order chi connectivity index (χ0) is 25.4. The summed E-state index contributed by atoms with van der Waals surface area (Å²) in [5.41, 5.74) is 2.55. The largest absolute Gasteiger partial charge is 0.410 e. The summed E-state index contributed by atoms with van der Waals surface area (Å²) in [4.78, 5) is 13.0. The van der Waals surface area contributed by atoms with E-state index in [1.54, 1.807) is 47.3 Å². The van der Waals surface area contributed by atoms with Crippen LogP contribution in [0, 0.1) is 6.92 Å². The molecule has 0 saturated carbocycles. The van der Waals surface area contributed by atoms with E-state index < -0.39 is 24.2 Å². The normalized spacial score (nSPS) is 17.4. The van der Waals surface area contributed by atoms with Crippen molar-refractivity contribution >= 4 is 29.1 Å². The van der Waals surface area contributed by atoms with Crippen LogP contribution in [-0.2, 0) is 6.54 Å². The molecule has 2 atom stereocenters. The lowest BCUT2D eigenvalue weighted by molar-refractivity contribution is -0.173. The zero-order valence-electron chi connectivity index (χ0n) is 19.1. The molecule has 0 spiro atoms. The number of nitrogens with zero attached hydrogens (tertiary/aromatic N) is 4. The third-order valence-corrected chi connectivity index (χ3v) is 6.55. The summed E-state index contributed by atoms with van der Waals surface area (Å²) >= 11 is 6.40. The van der Waals surface area contributed by atoms with Gasteiger partial charge in [0.1, 0.15) is 10.8 Å². The first-order valence-electron chi connectivity index (χ1n) is 11.3. The highest BCUT2D eigenvalue weighted by Gasteiger charge is 2.47. The number of anilines is 2. The smallest absolute Gasteiger partial charge is 0.362 e. The number of hydrogen-bond donors (Lipinski definition) is 2. The number of rotatable bonds is 5. The Morgan fingerprint density at radius 3 is 2.56 bits per heavy atom. The zero-order valence-corrected chi connectivity index (χ0v) is 19.9. The van der Waals surface area contributed by atoms with Crippen LogP contribution in [0.15, 0.2) is 66.9 Å². The quantitative estimate of drug-likeness (QED) is 0.342. The average Bonchev–Trinajstić information content (AvgIpc) is 3.43. The lowest BCUT2D eigenvalue weighted by Gasteiger charge is -2.33. The summed E-state index contributed by atoms with van der Waals surface area (Å²) in [6, 6.07) is 15.7. The summed E-state index contributed by atoms with van der Waals surface area (Å²) < 4.78 is 44.3. The molecule has 2 aromatic carbocycles. The number of nitrogens with one attached hydrogen (secondary N) is 2. The summed E-state index contributed by atoms with van der Waals surface area (Å²) in [5, 5.41) is 13.7. The van der Waals surface area contributed by atoms with Crippen LogP contribution in [0.25, 0.3) is 0 Å². The van der Waals surface area contributed by atoms with Crippen molar-refractivity contribution in [2.45, 2.75) is 38.1 Å². The van der Waals surface area contributed by atoms with E-state index in [2.05, 4.69) is 20.8 Å². The fraction of sp³-hybridized carbons (Fsp3) is 0.240. The molecule has 0 unspecified atom stereocenters. The molecule has 7 nitrogen and oxygen atoms in total. The van der Waals surface area contributed by atoms with Crippen molar-refractivity contribution in [1.82, 2.24) is 19.6 Å². The number of alkyl halides is 3. The Hall–Kier alpha value is -3.79. The van der Waals surface area contributed by atoms with Crippen molar-refractivity contribution < 1.29 is 18.0 Å². The number of fused-ring (bicyclic) bond motifs is 1. The van der Waals surface area contributed by atoms with Gasteiger partial charge in [0.2, 0.25) is 0 Å². The van der Waals surface area contributed by atoms with E-state index in [0.717, 1.165) is 15.8 Å². The minimum atomic E-state index is -4.58. The molecule has 2 aromatic heterocycles. The second-order valence-corrected chi connectivity index (χ2v) is 9.01. The van der Waals surface area contributed by atoms with Gasteiger partial charge in [-0.1, -0.05) is 66.2 Å². The maximum atomic E-state index is 14.0. The number of halogens is 4. The highest BCUT2D eigenvalue weighted by atomic mass is 35.5. The number of carbonyl (C=O) groups is 1. The highest BCUT2D eigenvalue weighted by Crippen LogP contribution is 2.46. The van der Waals surface area contributed by atoms with Crippen molar-refractivity contribution in [3.63, 3.8) is 0 Å². The molecule has 1 aliphatic heterocycles. The van der Waals surface area contributed by atoms with Crippen molar-refractivity contribution in [3.05, 3.63) is 94.3 Å². The van der Waals surface area contributed by atoms with Gasteiger partial charge in [0.25, 0.3) is 5.91 Å². The van der Waals surface area contributed by atoms with Gasteiger partial charge < -0.3 is 10.6 Å². The minimum Gasteiger partial charge on any atom is -0.362 e. The van der Waals surface area contributed by atoms with Crippen molar-refractivity contribution in [3.8, 4) is 0 Å². The summed E-state index contributed by atoms with van der Waals surface area (Å²) in [6.45, 7) is 2.49. The van der Waals surface area contributed by atoms with E-state index in [-0.39, 0.29) is 28.8 Å². The molecule has 3 heterocycles. The molecule has 0 saturated heterocycles. The lowest BCUT2D eigenvalue weighted by atomic mass is 9.97. The molecule has 0 radical (unpaired) electrons. The van der Waals surface area contributed by atoms with Gasteiger partial charge in [-0.25, -0.2) is 4.68 Å². The highest BCUT2D eigenvalue weighted by molar-refractivity contribution is 6.36. The van der Waals surface area contributed by atoms with Crippen LogP contribution < -0.4 is 10.6 Å². The maximum absolute atomic E-state index is 14.0. The van der Waals surface area contributed by atoms with Gasteiger partial charge >= 0.3 is 6.18 Å². The summed E-state index contributed by atoms with van der Waals surface area (Å²) in [7, 11) is 0. The monoisotopic (exact) mass is 514 g/mol. The van der Waals surface area contributed by atoms with Gasteiger partial charge in [-0.05, 0) is 23.6 Å². The fourth-order valence-corrected chi connectivity index (χ4v) is 4.56. The molecular formula is C25H22ClF3N6O. The van der Waals surface area contributed by atoms with Crippen molar-refractivity contribution in [1.29, 1.82) is 0 Å². The van der Waals surface area contributed by atoms with E-state index in [9.17, 15) is 18.0 Å². The molecule has 36 heavy (non-hydrogen) atoms. The van der Waals surface area contributed by atoms with Crippen LogP contribution in [0.3, 0.4) is 0 Å². The molecule has 186 valence electrons. The van der Waals surface area contributed by atoms with Gasteiger partial charge in [0.15, 0.2) is 17.6 Å². The van der Waals surface area contributed by atoms with E-state index in [1.165, 1.54) is 0 Å². The van der Waals surface area contributed by atoms with Gasteiger partial charge in [-0.15, -0.1) is 0 Å². The first-order valence-corrected chi connectivity index (χ1v) is 11.6. The predicted octanol–water partition coefficient (Wildman–Crippen LogP) is 6.00. The van der Waals surface area contributed by atoms with Crippen LogP contribution in [0.2, 0.25) is 5.02 Å². The number of aryl methyl sites for hydroxylation is 1. The van der Waals surface area contributed by atoms with Crippen LogP contribution in [0.1, 0.15) is 45.7 Å². The molecule has 0 aliphatic carbocycles. The van der Waals surface area contributed by atoms with Gasteiger partial charge in [-0.2, -0.15) is 23.4 Å². The fourth-order valence-electron chi connectivity index (χ4n) is 4.29. The number of benzene rings is 2. The van der Waals surface area contributed by atoms with Crippen LogP contribution in [0.4, 0.5) is 24.8 Å². The SMILES string of the molecule is Cc1ccccc1Cn1ccc(NC(=O)c2nn3c(c2Cl)N[C@@H](c2ccccc2)C[C@@H]3C(F)(F)F)n1. The Balaban J connectivity index is 1.39. The number of aromatic nitrogens is 4. The Morgan fingerprint density at radius 1 is 1.11 bits per heavy atom. The maximum Gasteiger partial charge on any atom is 0.410 e. The van der Waals surface area contributed by atoms with Crippen molar-refractivity contribution in [2.24, 2.45) is 0 Å². The average molecular weight is 515 g/mol. The number of amides is 1. The molecule has 11 heteroatoms. The molecule has 2 N–H and O–H groups in total. The van der Waals surface area contributed by atoms with E-state index in [4.69, 9.17) is 11.6 Å². The summed E-state index contributed by atoms with van der Waals surface area (Å²) in [5.74, 6) is -0.561. The van der Waals surface area contributed by atoms with Crippen LogP contribution in [0.5, 0.6) is 0 Å². The molecule has 1 aliphatic rings. The molecule has 1 amide bonds. The van der Waals surface area contributed by atoms with Crippen LogP contribution in [-0.4, -0.2) is 31.6 Å². The first-order chi connectivity index (χ1) is 17.2. The van der Waals surface area contributed by atoms with E-state index in [0.29, 0.717) is 12.1 Å². The number of carbonyl (C=O) groups excluding carboxylic acids is 1. The molecule has 0 bridgehead atoms. The molecule has 5 rings (SSSR count). The Morgan fingerprint density at radius 2 is 1.83 bits per heavy atom. The van der Waals surface area contributed by atoms with Gasteiger partial charge in [-0.3, -0.25) is 9.48 Å². The third kappa shape index (κ3) is 4.68. The summed E-state index contributed by atoms with van der Waals surface area (Å²) in [6.07, 6.45) is -3.17. The Kier molecular flexibility index (Phi) is 6.21. The first kappa shape index (κ1) is 23.9. The van der Waals surface area contributed by atoms with E-state index >= 15 is 0 Å². The molecular weight excluding hydrogens is 493 g/mol. The predicted molar refractivity (Wildman–Crippen MR) is 130 cm³/mol. The molecule has 4 aromatic rings. The molecule has 0 fully saturated rings. The van der Waals surface area contributed by atoms with Crippen molar-refractivity contribution in [2.75, 3.05) is 10.6 Å².